The van der Waals surface area contributed by atoms with Crippen molar-refractivity contribution in [3.05, 3.63) is 48.3 Å². The summed E-state index contributed by atoms with van der Waals surface area (Å²) in [6.07, 6.45) is 7.48. The Hall–Kier alpha value is -2.27. The quantitative estimate of drug-likeness (QED) is 0.928. The second kappa shape index (κ2) is 7.53. The molecule has 2 heterocycles. The number of likely N-dealkylation sites (N-methyl/N-ethyl adjacent to an activating group) is 1. The van der Waals surface area contributed by atoms with Gasteiger partial charge in [0, 0.05) is 44.0 Å². The molecule has 1 aromatic carbocycles. The van der Waals surface area contributed by atoms with Crippen LogP contribution in [-0.2, 0) is 4.74 Å². The van der Waals surface area contributed by atoms with Crippen molar-refractivity contribution in [3.8, 4) is 5.69 Å². The SMILES string of the molecule is Cc1c(NC(=O)N(C)C[C@H]2CCCCO2)cccc1-n1cccc1. The van der Waals surface area contributed by atoms with Crippen LogP contribution in [-0.4, -0.2) is 41.8 Å². The molecule has 0 aliphatic carbocycles. The Labute approximate surface area is 143 Å². The minimum absolute atomic E-state index is 0.100. The molecule has 1 atom stereocenters. The third kappa shape index (κ3) is 3.79. The summed E-state index contributed by atoms with van der Waals surface area (Å²) in [6, 6.07) is 9.82. The van der Waals surface area contributed by atoms with Gasteiger partial charge in [0.25, 0.3) is 0 Å². The summed E-state index contributed by atoms with van der Waals surface area (Å²) in [5, 5.41) is 3.02. The standard InChI is InChI=1S/C19H25N3O2/c1-15-17(9-7-10-18(15)22-11-4-5-12-22)20-19(23)21(2)14-16-8-3-6-13-24-16/h4-5,7,9-12,16H,3,6,8,13-14H2,1-2H3,(H,20,23)/t16-/m1/s1. The second-order valence-corrected chi connectivity index (χ2v) is 6.34. The van der Waals surface area contributed by atoms with Gasteiger partial charge in [0.05, 0.1) is 6.10 Å². The molecule has 0 saturated carbocycles. The number of carbonyl (C=O) groups excluding carboxylic acids is 1. The number of benzene rings is 1. The van der Waals surface area contributed by atoms with E-state index in [0.717, 1.165) is 36.4 Å². The van der Waals surface area contributed by atoms with Gasteiger partial charge in [-0.25, -0.2) is 4.79 Å². The maximum atomic E-state index is 12.5. The molecule has 1 saturated heterocycles. The molecule has 0 radical (unpaired) electrons. The van der Waals surface area contributed by atoms with Gasteiger partial charge in [0.2, 0.25) is 0 Å². The Morgan fingerprint density at radius 2 is 2.08 bits per heavy atom. The Balaban J connectivity index is 1.66. The van der Waals surface area contributed by atoms with Crippen molar-refractivity contribution >= 4 is 11.7 Å². The zero-order valence-corrected chi connectivity index (χ0v) is 14.4. The first-order valence-electron chi connectivity index (χ1n) is 8.52. The van der Waals surface area contributed by atoms with Crippen LogP contribution in [0.15, 0.2) is 42.7 Å². The normalized spacial score (nSPS) is 17.5. The Morgan fingerprint density at radius 3 is 2.79 bits per heavy atom. The molecule has 0 unspecified atom stereocenters. The van der Waals surface area contributed by atoms with Gasteiger partial charge in [-0.15, -0.1) is 0 Å². The molecule has 2 aromatic rings. The fourth-order valence-electron chi connectivity index (χ4n) is 3.08. The molecule has 1 aliphatic heterocycles. The van der Waals surface area contributed by atoms with E-state index >= 15 is 0 Å². The molecule has 128 valence electrons. The van der Waals surface area contributed by atoms with Gasteiger partial charge in [0.15, 0.2) is 0 Å². The molecule has 0 spiro atoms. The van der Waals surface area contributed by atoms with E-state index in [1.165, 1.54) is 6.42 Å². The third-order valence-electron chi connectivity index (χ3n) is 4.53. The largest absolute Gasteiger partial charge is 0.376 e. The summed E-state index contributed by atoms with van der Waals surface area (Å²) in [7, 11) is 1.82. The lowest BCUT2D eigenvalue weighted by molar-refractivity contribution is 0.00463. The van der Waals surface area contributed by atoms with Crippen molar-refractivity contribution in [1.82, 2.24) is 9.47 Å². The molecule has 1 fully saturated rings. The topological polar surface area (TPSA) is 46.5 Å². The Kier molecular flexibility index (Phi) is 5.20. The van der Waals surface area contributed by atoms with Gasteiger partial charge in [0.1, 0.15) is 0 Å². The van der Waals surface area contributed by atoms with Gasteiger partial charge >= 0.3 is 6.03 Å². The molecule has 5 heteroatoms. The van der Waals surface area contributed by atoms with Crippen LogP contribution in [0.1, 0.15) is 24.8 Å². The van der Waals surface area contributed by atoms with Gasteiger partial charge < -0.3 is 19.5 Å². The van der Waals surface area contributed by atoms with Crippen LogP contribution >= 0.6 is 0 Å². The van der Waals surface area contributed by atoms with Crippen molar-refractivity contribution in [2.24, 2.45) is 0 Å². The molecule has 24 heavy (non-hydrogen) atoms. The number of amides is 2. The highest BCUT2D eigenvalue weighted by atomic mass is 16.5. The van der Waals surface area contributed by atoms with Crippen LogP contribution in [0.5, 0.6) is 0 Å². The first kappa shape index (κ1) is 16.6. The van der Waals surface area contributed by atoms with Crippen LogP contribution in [0.4, 0.5) is 10.5 Å². The molecule has 2 amide bonds. The number of hydrogen-bond acceptors (Lipinski definition) is 2. The summed E-state index contributed by atoms with van der Waals surface area (Å²) in [5.41, 5.74) is 2.95. The fraction of sp³-hybridized carbons (Fsp3) is 0.421. The van der Waals surface area contributed by atoms with Crippen LogP contribution in [0, 0.1) is 6.92 Å². The number of nitrogens with zero attached hydrogens (tertiary/aromatic N) is 2. The first-order valence-corrected chi connectivity index (χ1v) is 8.52. The van der Waals surface area contributed by atoms with Crippen molar-refractivity contribution < 1.29 is 9.53 Å². The maximum absolute atomic E-state index is 12.5. The van der Waals surface area contributed by atoms with Crippen LogP contribution < -0.4 is 5.32 Å². The summed E-state index contributed by atoms with van der Waals surface area (Å²) in [4.78, 5) is 14.2. The van der Waals surface area contributed by atoms with Crippen molar-refractivity contribution in [2.45, 2.75) is 32.3 Å². The Bertz CT molecular complexity index is 676. The minimum atomic E-state index is -0.100. The average Bonchev–Trinajstić information content (AvgIpc) is 3.12. The highest BCUT2D eigenvalue weighted by Crippen LogP contribution is 2.23. The lowest BCUT2D eigenvalue weighted by Gasteiger charge is -2.27. The van der Waals surface area contributed by atoms with E-state index in [1.807, 2.05) is 61.3 Å². The van der Waals surface area contributed by atoms with Crippen LogP contribution in [0.2, 0.25) is 0 Å². The van der Waals surface area contributed by atoms with Crippen molar-refractivity contribution in [3.63, 3.8) is 0 Å². The number of ether oxygens (including phenoxy) is 1. The summed E-state index contributed by atoms with van der Waals surface area (Å²) >= 11 is 0. The molecular formula is C19H25N3O2. The molecule has 0 bridgehead atoms. The number of rotatable bonds is 4. The van der Waals surface area contributed by atoms with E-state index in [9.17, 15) is 4.79 Å². The molecule has 1 aliphatic rings. The smallest absolute Gasteiger partial charge is 0.321 e. The molecule has 5 nitrogen and oxygen atoms in total. The number of aromatic nitrogens is 1. The molecular weight excluding hydrogens is 302 g/mol. The van der Waals surface area contributed by atoms with Gasteiger partial charge in [-0.1, -0.05) is 6.07 Å². The van der Waals surface area contributed by atoms with E-state index in [2.05, 4.69) is 5.32 Å². The third-order valence-corrected chi connectivity index (χ3v) is 4.53. The number of urea groups is 1. The second-order valence-electron chi connectivity index (χ2n) is 6.34. The van der Waals surface area contributed by atoms with Crippen LogP contribution in [0.3, 0.4) is 0 Å². The molecule has 3 rings (SSSR count). The van der Waals surface area contributed by atoms with E-state index in [1.54, 1.807) is 4.90 Å². The summed E-state index contributed by atoms with van der Waals surface area (Å²) in [5.74, 6) is 0. The predicted octanol–water partition coefficient (Wildman–Crippen LogP) is 3.82. The maximum Gasteiger partial charge on any atom is 0.321 e. The van der Waals surface area contributed by atoms with E-state index in [0.29, 0.717) is 6.54 Å². The highest BCUT2D eigenvalue weighted by Gasteiger charge is 2.19. The van der Waals surface area contributed by atoms with E-state index in [4.69, 9.17) is 4.74 Å². The fourth-order valence-corrected chi connectivity index (χ4v) is 3.08. The minimum Gasteiger partial charge on any atom is -0.376 e. The number of hydrogen-bond donors (Lipinski definition) is 1. The first-order chi connectivity index (χ1) is 11.6. The highest BCUT2D eigenvalue weighted by molar-refractivity contribution is 5.90. The number of carbonyl (C=O) groups is 1. The number of nitrogens with one attached hydrogen (secondary N) is 1. The van der Waals surface area contributed by atoms with Crippen molar-refractivity contribution in [2.75, 3.05) is 25.5 Å². The van der Waals surface area contributed by atoms with E-state index in [-0.39, 0.29) is 12.1 Å². The van der Waals surface area contributed by atoms with Crippen molar-refractivity contribution in [1.29, 1.82) is 0 Å². The lowest BCUT2D eigenvalue weighted by Crippen LogP contribution is -2.39. The Morgan fingerprint density at radius 1 is 1.29 bits per heavy atom. The summed E-state index contributed by atoms with van der Waals surface area (Å²) < 4.78 is 7.76. The molecule has 1 N–H and O–H groups in total. The molecule has 1 aromatic heterocycles. The zero-order valence-electron chi connectivity index (χ0n) is 14.4. The summed E-state index contributed by atoms with van der Waals surface area (Å²) in [6.45, 7) is 3.45. The van der Waals surface area contributed by atoms with E-state index < -0.39 is 0 Å². The van der Waals surface area contributed by atoms with Gasteiger partial charge in [-0.3, -0.25) is 0 Å². The van der Waals surface area contributed by atoms with Gasteiger partial charge in [-0.05, 0) is 56.0 Å². The average molecular weight is 327 g/mol. The van der Waals surface area contributed by atoms with Crippen LogP contribution in [0.25, 0.3) is 5.69 Å². The van der Waals surface area contributed by atoms with Gasteiger partial charge in [-0.2, -0.15) is 0 Å². The lowest BCUT2D eigenvalue weighted by atomic mass is 10.1. The monoisotopic (exact) mass is 327 g/mol. The zero-order chi connectivity index (χ0) is 16.9. The predicted molar refractivity (Wildman–Crippen MR) is 95.7 cm³/mol. The number of anilines is 1.